The van der Waals surface area contributed by atoms with Crippen LogP contribution in [-0.4, -0.2) is 148 Å². The van der Waals surface area contributed by atoms with E-state index < -0.39 is 163 Å². The third kappa shape index (κ3) is 25.3. The highest BCUT2D eigenvalue weighted by Crippen LogP contribution is 2.12. The third-order valence-electron chi connectivity index (χ3n) is 11.5. The molecule has 0 saturated heterocycles. The van der Waals surface area contributed by atoms with Crippen molar-refractivity contribution >= 4 is 70.9 Å². The van der Waals surface area contributed by atoms with Gasteiger partial charge in [0.15, 0.2) is 0 Å². The minimum Gasteiger partial charge on any atom is -0.480 e. The molecule has 0 unspecified atom stereocenters. The number of hydrogen-bond acceptors (Lipinski definition) is 14. The standard InChI is InChI=1S/C50H82N12O14/c1-24(2)18-33(45(70)55-28(9)42(67)61-40(27(7)8)49(74)60-36(50(75)76)20-26(5)6)59-44(69)32(16-17-37(52)64)57-46(71)35(22-38(53)65)56-39(66)23-54-48(73)41(29(10)63)62-47(72)34(19-25(3)4)58-43(68)31(51)21-30-14-12-11-13-15-30/h11-15,24-29,31-36,40-41,63H,16-23,51H2,1-10H3,(H2,52,64)(H2,53,65)(H,54,73)(H,55,70)(H,56,66)(H,57,71)(H,58,68)(H,59,69)(H,60,74)(H,61,67)(H,62,72)(H,75,76)/t28-,29+,31-,32-,33-,34-,35-,36-,40-,41-/m0/s1. The molecule has 0 aliphatic heterocycles. The maximum absolute atomic E-state index is 13.9. The summed E-state index contributed by atoms with van der Waals surface area (Å²) in [6.45, 7) is 15.5. The molecule has 0 aromatic heterocycles. The zero-order chi connectivity index (χ0) is 58.1. The van der Waals surface area contributed by atoms with E-state index in [-0.39, 0.29) is 43.4 Å². The molecular formula is C50H82N12O14. The summed E-state index contributed by atoms with van der Waals surface area (Å²) in [4.78, 5) is 157. The maximum atomic E-state index is 13.9. The SMILES string of the molecule is CC(C)C[C@H](NC(=O)[C@@H](NC(=O)[C@H](C)NC(=O)[C@H](CC(C)C)NC(=O)[C@H](CCC(N)=O)NC(=O)[C@H](CC(N)=O)NC(=O)CNC(=O)[C@@H](NC(=O)[C@H](CC(C)C)NC(=O)[C@@H](N)Cc1ccccc1)[C@@H](C)O)C(C)C)C(=O)O. The number of aliphatic hydroxyl groups is 1. The first kappa shape index (κ1) is 66.8. The minimum absolute atomic E-state index is 0.0173. The Labute approximate surface area is 443 Å². The summed E-state index contributed by atoms with van der Waals surface area (Å²) in [5, 5.41) is 41.9. The first-order valence-corrected chi connectivity index (χ1v) is 25.3. The van der Waals surface area contributed by atoms with Crippen molar-refractivity contribution in [3.8, 4) is 0 Å². The summed E-state index contributed by atoms with van der Waals surface area (Å²) in [7, 11) is 0. The van der Waals surface area contributed by atoms with Crippen LogP contribution < -0.4 is 65.1 Å². The molecule has 0 saturated carbocycles. The molecule has 426 valence electrons. The van der Waals surface area contributed by atoms with Crippen LogP contribution in [0.4, 0.5) is 0 Å². The lowest BCUT2D eigenvalue weighted by atomic mass is 10.00. The molecule has 1 aromatic rings. The van der Waals surface area contributed by atoms with E-state index in [2.05, 4.69) is 47.9 Å². The quantitative estimate of drug-likeness (QED) is 0.0327. The molecule has 1 rings (SSSR count). The number of amides is 11. The number of carbonyl (C=O) groups excluding carboxylic acids is 11. The largest absolute Gasteiger partial charge is 0.480 e. The topological polar surface area (TPSA) is 432 Å². The number of carbonyl (C=O) groups is 12. The number of nitrogens with one attached hydrogen (secondary N) is 9. The highest BCUT2D eigenvalue weighted by molar-refractivity contribution is 5.99. The number of nitrogens with two attached hydrogens (primary N) is 3. The van der Waals surface area contributed by atoms with Crippen molar-refractivity contribution in [2.75, 3.05) is 6.54 Å². The first-order chi connectivity index (χ1) is 35.3. The maximum Gasteiger partial charge on any atom is 0.326 e. The zero-order valence-corrected chi connectivity index (χ0v) is 45.2. The molecule has 26 heteroatoms. The number of aliphatic carboxylic acids is 1. The fraction of sp³-hybridized carbons (Fsp3) is 0.640. The molecule has 0 bridgehead atoms. The van der Waals surface area contributed by atoms with Crippen LogP contribution in [0.15, 0.2) is 30.3 Å². The smallest absolute Gasteiger partial charge is 0.326 e. The van der Waals surface area contributed by atoms with Crippen molar-refractivity contribution in [3.63, 3.8) is 0 Å². The molecule has 76 heavy (non-hydrogen) atoms. The van der Waals surface area contributed by atoms with Gasteiger partial charge in [0.2, 0.25) is 65.0 Å². The molecule has 0 spiro atoms. The molecule has 26 nitrogen and oxygen atoms in total. The van der Waals surface area contributed by atoms with Crippen LogP contribution in [0.25, 0.3) is 0 Å². The fourth-order valence-corrected chi connectivity index (χ4v) is 7.48. The Morgan fingerprint density at radius 1 is 0.500 bits per heavy atom. The summed E-state index contributed by atoms with van der Waals surface area (Å²) in [5.41, 5.74) is 17.6. The molecule has 17 N–H and O–H groups in total. The van der Waals surface area contributed by atoms with E-state index >= 15 is 0 Å². The summed E-state index contributed by atoms with van der Waals surface area (Å²) in [6.07, 6.45) is -2.88. The van der Waals surface area contributed by atoms with Crippen molar-refractivity contribution in [1.29, 1.82) is 0 Å². The fourth-order valence-electron chi connectivity index (χ4n) is 7.48. The van der Waals surface area contributed by atoms with Crippen LogP contribution in [0.2, 0.25) is 0 Å². The third-order valence-corrected chi connectivity index (χ3v) is 11.5. The van der Waals surface area contributed by atoms with Crippen molar-refractivity contribution in [2.24, 2.45) is 40.9 Å². The highest BCUT2D eigenvalue weighted by Gasteiger charge is 2.35. The van der Waals surface area contributed by atoms with Gasteiger partial charge in [-0.3, -0.25) is 52.7 Å². The number of hydrogen-bond donors (Lipinski definition) is 14. The first-order valence-electron chi connectivity index (χ1n) is 25.3. The van der Waals surface area contributed by atoms with Crippen LogP contribution in [0.3, 0.4) is 0 Å². The second-order valence-corrected chi connectivity index (χ2v) is 20.5. The second-order valence-electron chi connectivity index (χ2n) is 20.5. The van der Waals surface area contributed by atoms with Gasteiger partial charge >= 0.3 is 5.97 Å². The Kier molecular flexibility index (Phi) is 29.0. The van der Waals surface area contributed by atoms with Crippen molar-refractivity contribution < 1.29 is 67.7 Å². The van der Waals surface area contributed by atoms with E-state index in [1.165, 1.54) is 13.8 Å². The monoisotopic (exact) mass is 1070 g/mol. The average Bonchev–Trinajstić information content (AvgIpc) is 3.30. The lowest BCUT2D eigenvalue weighted by Gasteiger charge is -2.28. The Morgan fingerprint density at radius 3 is 1.45 bits per heavy atom. The molecule has 0 fully saturated rings. The molecular weight excluding hydrogens is 993 g/mol. The highest BCUT2D eigenvalue weighted by atomic mass is 16.4. The number of carboxylic acids is 1. The average molecular weight is 1080 g/mol. The van der Waals surface area contributed by atoms with Gasteiger partial charge in [-0.15, -0.1) is 0 Å². The van der Waals surface area contributed by atoms with Gasteiger partial charge in [-0.05, 0) is 75.2 Å². The van der Waals surface area contributed by atoms with Gasteiger partial charge in [-0.25, -0.2) is 4.79 Å². The van der Waals surface area contributed by atoms with E-state index in [1.54, 1.807) is 85.7 Å². The van der Waals surface area contributed by atoms with Crippen LogP contribution in [0, 0.1) is 23.7 Å². The van der Waals surface area contributed by atoms with Crippen LogP contribution >= 0.6 is 0 Å². The van der Waals surface area contributed by atoms with E-state index in [4.69, 9.17) is 17.2 Å². The van der Waals surface area contributed by atoms with E-state index in [9.17, 15) is 67.7 Å². The number of primary amides is 2. The van der Waals surface area contributed by atoms with Crippen LogP contribution in [-0.2, 0) is 64.0 Å². The zero-order valence-electron chi connectivity index (χ0n) is 45.2. The van der Waals surface area contributed by atoms with Gasteiger partial charge in [0, 0.05) is 6.42 Å². The summed E-state index contributed by atoms with van der Waals surface area (Å²) in [6, 6.07) is -3.44. The lowest BCUT2D eigenvalue weighted by Crippen LogP contribution is -2.60. The number of rotatable bonds is 34. The van der Waals surface area contributed by atoms with Gasteiger partial charge in [0.25, 0.3) is 0 Å². The molecule has 10 atom stereocenters. The number of carboxylic acid groups (broad SMARTS) is 1. The molecule has 11 amide bonds. The normalized spacial score (nSPS) is 15.2. The summed E-state index contributed by atoms with van der Waals surface area (Å²) in [5.74, 6) is -12.4. The van der Waals surface area contributed by atoms with E-state index in [1.807, 2.05) is 0 Å². The summed E-state index contributed by atoms with van der Waals surface area (Å²) < 4.78 is 0. The predicted molar refractivity (Wildman–Crippen MR) is 277 cm³/mol. The van der Waals surface area contributed by atoms with Gasteiger partial charge in [-0.1, -0.05) is 85.7 Å². The van der Waals surface area contributed by atoms with Crippen molar-refractivity contribution in [3.05, 3.63) is 35.9 Å². The molecule has 0 radical (unpaired) electrons. The van der Waals surface area contributed by atoms with Crippen molar-refractivity contribution in [2.45, 2.75) is 175 Å². The van der Waals surface area contributed by atoms with Gasteiger partial charge in [-0.2, -0.15) is 0 Å². The lowest BCUT2D eigenvalue weighted by molar-refractivity contribution is -0.143. The minimum atomic E-state index is -1.79. The Bertz CT molecular complexity index is 2170. The van der Waals surface area contributed by atoms with Crippen LogP contribution in [0.1, 0.15) is 113 Å². The summed E-state index contributed by atoms with van der Waals surface area (Å²) >= 11 is 0. The van der Waals surface area contributed by atoms with Crippen LogP contribution in [0.5, 0.6) is 0 Å². The number of benzene rings is 1. The second kappa shape index (κ2) is 32.9. The Balaban J connectivity index is 3.19. The Morgan fingerprint density at radius 2 is 0.961 bits per heavy atom. The van der Waals surface area contributed by atoms with E-state index in [0.717, 1.165) is 5.56 Å². The van der Waals surface area contributed by atoms with Gasteiger partial charge in [0.1, 0.15) is 48.3 Å². The molecule has 0 heterocycles. The van der Waals surface area contributed by atoms with Crippen molar-refractivity contribution in [1.82, 2.24) is 47.9 Å². The van der Waals surface area contributed by atoms with Gasteiger partial charge in [0.05, 0.1) is 25.1 Å². The molecule has 0 aliphatic carbocycles. The molecule has 0 aliphatic rings. The van der Waals surface area contributed by atoms with Gasteiger partial charge < -0.3 is 75.3 Å². The Hall–Kier alpha value is -7.22. The molecule has 1 aromatic carbocycles. The predicted octanol–water partition coefficient (Wildman–Crippen LogP) is -3.03. The number of aliphatic hydroxyl groups excluding tert-OH is 1. The van der Waals surface area contributed by atoms with E-state index in [0.29, 0.717) is 0 Å².